The van der Waals surface area contributed by atoms with Crippen LogP contribution in [-0.2, 0) is 0 Å². The SMILES string of the molecule is c1ccc(-c2cc3c4c(c2)-n2c5ccccc5c5cc6c(sc7ccccc76)c(c52)B4c2cc4oc5ccccc5c4cc2N3c2ccccc2-c2ccccc2)cc1. The minimum absolute atomic E-state index is 0.0614. The predicted molar refractivity (Wildman–Crippen MR) is 251 cm³/mol. The van der Waals surface area contributed by atoms with E-state index in [0.29, 0.717) is 0 Å². The normalized spacial score (nSPS) is 13.0. The molecule has 0 aliphatic carbocycles. The van der Waals surface area contributed by atoms with E-state index >= 15 is 0 Å². The van der Waals surface area contributed by atoms with Crippen LogP contribution in [0.15, 0.2) is 192 Å². The van der Waals surface area contributed by atoms with E-state index in [2.05, 4.69) is 198 Å². The van der Waals surface area contributed by atoms with Gasteiger partial charge in [0.25, 0.3) is 6.71 Å². The molecule has 0 fully saturated rings. The molecule has 0 radical (unpaired) electrons. The summed E-state index contributed by atoms with van der Waals surface area (Å²) in [5, 5.41) is 7.47. The van der Waals surface area contributed by atoms with Gasteiger partial charge in [-0.25, -0.2) is 0 Å². The fraction of sp³-hybridized carbons (Fsp3) is 0. The van der Waals surface area contributed by atoms with Crippen LogP contribution < -0.4 is 21.3 Å². The lowest BCUT2D eigenvalue weighted by atomic mass is 9.33. The van der Waals surface area contributed by atoms with Crippen LogP contribution in [0.1, 0.15) is 0 Å². The maximum atomic E-state index is 6.76. The van der Waals surface area contributed by atoms with Gasteiger partial charge >= 0.3 is 0 Å². The van der Waals surface area contributed by atoms with Gasteiger partial charge in [-0.3, -0.25) is 0 Å². The molecule has 12 aromatic rings. The first-order chi connectivity index (χ1) is 29.3. The number of nitrogens with zero attached hydrogens (tertiary/aromatic N) is 2. The lowest BCUT2D eigenvalue weighted by Gasteiger charge is -2.41. The number of hydrogen-bond donors (Lipinski definition) is 0. The summed E-state index contributed by atoms with van der Waals surface area (Å²) in [5.74, 6) is 0. The van der Waals surface area contributed by atoms with Crippen molar-refractivity contribution in [2.75, 3.05) is 4.90 Å². The molecule has 3 nitrogen and oxygen atoms in total. The molecule has 2 aliphatic heterocycles. The molecular formula is C54H31BN2OS. The van der Waals surface area contributed by atoms with Crippen LogP contribution in [0.3, 0.4) is 0 Å². The zero-order valence-electron chi connectivity index (χ0n) is 31.7. The maximum absolute atomic E-state index is 6.76. The lowest BCUT2D eigenvalue weighted by Crippen LogP contribution is -2.60. The van der Waals surface area contributed by atoms with Gasteiger partial charge in [0.05, 0.1) is 16.7 Å². The molecule has 0 saturated heterocycles. The highest BCUT2D eigenvalue weighted by Crippen LogP contribution is 2.49. The molecule has 9 aromatic carbocycles. The summed E-state index contributed by atoms with van der Waals surface area (Å²) in [6.45, 7) is -0.0614. The molecule has 59 heavy (non-hydrogen) atoms. The van der Waals surface area contributed by atoms with Crippen LogP contribution in [0.5, 0.6) is 0 Å². The Morgan fingerprint density at radius 1 is 0.424 bits per heavy atom. The number of fused-ring (bicyclic) bond motifs is 14. The van der Waals surface area contributed by atoms with Crippen molar-refractivity contribution in [3.63, 3.8) is 0 Å². The van der Waals surface area contributed by atoms with E-state index in [1.54, 1.807) is 0 Å². The summed E-state index contributed by atoms with van der Waals surface area (Å²) in [6.07, 6.45) is 0. The lowest BCUT2D eigenvalue weighted by molar-refractivity contribution is 0.669. The number of benzene rings is 9. The van der Waals surface area contributed by atoms with Crippen LogP contribution in [0.4, 0.5) is 17.1 Å². The second kappa shape index (κ2) is 11.6. The Balaban J connectivity index is 1.22. The van der Waals surface area contributed by atoms with Crippen molar-refractivity contribution in [3.05, 3.63) is 188 Å². The van der Waals surface area contributed by atoms with Crippen LogP contribution in [0.25, 0.3) is 91.9 Å². The molecule has 272 valence electrons. The largest absolute Gasteiger partial charge is 0.456 e. The first-order valence-electron chi connectivity index (χ1n) is 20.3. The number of anilines is 3. The van der Waals surface area contributed by atoms with Crippen LogP contribution in [-0.4, -0.2) is 11.3 Å². The minimum atomic E-state index is -0.0614. The van der Waals surface area contributed by atoms with E-state index in [9.17, 15) is 0 Å². The summed E-state index contributed by atoms with van der Waals surface area (Å²) in [7, 11) is 0. The smallest absolute Gasteiger partial charge is 0.254 e. The molecule has 0 unspecified atom stereocenters. The summed E-state index contributed by atoms with van der Waals surface area (Å²) in [6, 6.07) is 69.3. The molecule has 0 amide bonds. The zero-order valence-corrected chi connectivity index (χ0v) is 32.5. The van der Waals surface area contributed by atoms with Gasteiger partial charge in [-0.15, -0.1) is 11.3 Å². The molecule has 0 N–H and O–H groups in total. The quantitative estimate of drug-likeness (QED) is 0.167. The Morgan fingerprint density at radius 2 is 1.12 bits per heavy atom. The van der Waals surface area contributed by atoms with Gasteiger partial charge in [0.15, 0.2) is 0 Å². The molecule has 0 spiro atoms. The van der Waals surface area contributed by atoms with Crippen molar-refractivity contribution in [2.24, 2.45) is 0 Å². The Bertz CT molecular complexity index is 3750. The molecule has 14 rings (SSSR count). The van der Waals surface area contributed by atoms with Gasteiger partial charge in [-0.05, 0) is 87.7 Å². The zero-order chi connectivity index (χ0) is 38.3. The predicted octanol–water partition coefficient (Wildman–Crippen LogP) is 13.0. The molecular weight excluding hydrogens is 735 g/mol. The summed E-state index contributed by atoms with van der Waals surface area (Å²) >= 11 is 1.93. The van der Waals surface area contributed by atoms with Crippen molar-refractivity contribution in [1.29, 1.82) is 0 Å². The average molecular weight is 767 g/mol. The monoisotopic (exact) mass is 766 g/mol. The van der Waals surface area contributed by atoms with Crippen molar-refractivity contribution in [1.82, 2.24) is 4.57 Å². The van der Waals surface area contributed by atoms with Crippen molar-refractivity contribution >= 4 is 115 Å². The summed E-state index contributed by atoms with van der Waals surface area (Å²) in [5.41, 5.74) is 17.8. The summed E-state index contributed by atoms with van der Waals surface area (Å²) in [4.78, 5) is 2.57. The molecule has 3 aromatic heterocycles. The van der Waals surface area contributed by atoms with Gasteiger partial charge < -0.3 is 13.9 Å². The van der Waals surface area contributed by atoms with Crippen molar-refractivity contribution in [2.45, 2.75) is 0 Å². The maximum Gasteiger partial charge on any atom is 0.254 e. The number of para-hydroxylation sites is 3. The van der Waals surface area contributed by atoms with Gasteiger partial charge in [0, 0.05) is 64.3 Å². The van der Waals surface area contributed by atoms with E-state index in [1.807, 2.05) is 11.3 Å². The number of furan rings is 1. The van der Waals surface area contributed by atoms with Gasteiger partial charge in [0.2, 0.25) is 0 Å². The number of thiophene rings is 1. The second-order valence-corrected chi connectivity index (χ2v) is 17.0. The molecule has 5 heteroatoms. The average Bonchev–Trinajstić information content (AvgIpc) is 3.97. The fourth-order valence-corrected chi connectivity index (χ4v) is 11.8. The first-order valence-corrected chi connectivity index (χ1v) is 21.1. The summed E-state index contributed by atoms with van der Waals surface area (Å²) < 4.78 is 12.0. The number of rotatable bonds is 3. The highest BCUT2D eigenvalue weighted by Gasteiger charge is 2.44. The van der Waals surface area contributed by atoms with E-state index in [1.165, 1.54) is 97.7 Å². The van der Waals surface area contributed by atoms with Crippen molar-refractivity contribution < 1.29 is 4.42 Å². The highest BCUT2D eigenvalue weighted by atomic mass is 32.1. The third-order valence-electron chi connectivity index (χ3n) is 12.9. The standard InChI is InChI=1S/C54H31BN2OS/c1-3-15-32(16-4-1)34-27-46-51-47(28-34)57-44-24-12-8-20-36(44)40-29-41-38-22-10-14-26-50(38)59-54(41)52(53(40)57)55(51)42-31-49-39(37-21-9-13-25-48(37)58-49)30-45(42)56(46)43-23-11-7-19-35(43)33-17-5-2-6-18-33/h1-31H. The Kier molecular flexibility index (Phi) is 6.25. The van der Waals surface area contributed by atoms with Gasteiger partial charge in [-0.1, -0.05) is 133 Å². The number of hydrogen-bond acceptors (Lipinski definition) is 3. The van der Waals surface area contributed by atoms with E-state index in [0.717, 1.165) is 27.6 Å². The highest BCUT2D eigenvalue weighted by molar-refractivity contribution is 7.28. The number of aromatic nitrogens is 1. The molecule has 0 atom stereocenters. The second-order valence-electron chi connectivity index (χ2n) is 16.0. The molecule has 0 bridgehead atoms. The van der Waals surface area contributed by atoms with Gasteiger partial charge in [0.1, 0.15) is 11.2 Å². The van der Waals surface area contributed by atoms with Crippen molar-refractivity contribution in [3.8, 4) is 27.9 Å². The Labute approximate surface area is 343 Å². The fourth-order valence-electron chi connectivity index (χ4n) is 10.5. The van der Waals surface area contributed by atoms with Gasteiger partial charge in [-0.2, -0.15) is 0 Å². The Hall–Kier alpha value is -7.34. The Morgan fingerprint density at radius 3 is 1.98 bits per heavy atom. The topological polar surface area (TPSA) is 21.3 Å². The molecule has 2 aliphatic rings. The third kappa shape index (κ3) is 4.22. The third-order valence-corrected chi connectivity index (χ3v) is 14.2. The van der Waals surface area contributed by atoms with Crippen LogP contribution in [0.2, 0.25) is 0 Å². The van der Waals surface area contributed by atoms with E-state index in [4.69, 9.17) is 4.42 Å². The van der Waals surface area contributed by atoms with E-state index in [-0.39, 0.29) is 6.71 Å². The minimum Gasteiger partial charge on any atom is -0.456 e. The van der Waals surface area contributed by atoms with E-state index < -0.39 is 0 Å². The van der Waals surface area contributed by atoms with Crippen LogP contribution in [0, 0.1) is 0 Å². The molecule has 0 saturated carbocycles. The first kappa shape index (κ1) is 31.7. The van der Waals surface area contributed by atoms with Crippen LogP contribution >= 0.6 is 11.3 Å². The molecule has 5 heterocycles.